The molecule has 7 aromatic rings. The molecule has 6 aromatic carbocycles. The molecule has 0 N–H and O–H groups in total. The summed E-state index contributed by atoms with van der Waals surface area (Å²) in [5, 5.41) is 0. The lowest BCUT2D eigenvalue weighted by Crippen LogP contribution is -2.31. The van der Waals surface area contributed by atoms with Gasteiger partial charge in [0.2, 0.25) is 0 Å². The van der Waals surface area contributed by atoms with Gasteiger partial charge in [0.05, 0.1) is 10.8 Å². The molecule has 0 aliphatic carbocycles. The third kappa shape index (κ3) is 4.54. The van der Waals surface area contributed by atoms with E-state index in [9.17, 15) is 0 Å². The zero-order chi connectivity index (χ0) is 29.0. The second-order valence-electron chi connectivity index (χ2n) is 10.9. The molecule has 0 radical (unpaired) electrons. The van der Waals surface area contributed by atoms with E-state index in [0.29, 0.717) is 0 Å². The predicted molar refractivity (Wildman–Crippen MR) is 181 cm³/mol. The van der Waals surface area contributed by atoms with Crippen LogP contribution in [-0.2, 0) is 10.8 Å². The van der Waals surface area contributed by atoms with Crippen LogP contribution in [0.4, 0.5) is 0 Å². The second kappa shape index (κ2) is 11.7. The molecule has 1 heterocycles. The van der Waals surface area contributed by atoms with Crippen LogP contribution in [0.2, 0.25) is 0 Å². The molecule has 0 saturated heterocycles. The van der Waals surface area contributed by atoms with Gasteiger partial charge in [-0.15, -0.1) is 11.3 Å². The first-order valence-electron chi connectivity index (χ1n) is 14.8. The molecule has 206 valence electrons. The van der Waals surface area contributed by atoms with Crippen LogP contribution in [0.25, 0.3) is 0 Å². The van der Waals surface area contributed by atoms with Crippen LogP contribution in [-0.4, -0.2) is 0 Å². The number of hydrogen-bond donors (Lipinski definition) is 0. The molecule has 0 saturated carbocycles. The molecule has 0 nitrogen and oxygen atoms in total. The Labute approximate surface area is 258 Å². The molecule has 1 aromatic heterocycles. The van der Waals surface area contributed by atoms with Gasteiger partial charge in [-0.1, -0.05) is 182 Å². The van der Waals surface area contributed by atoms with E-state index in [1.165, 1.54) is 43.1 Å². The molecule has 0 amide bonds. The fourth-order valence-corrected chi connectivity index (χ4v) is 8.25. The fourth-order valence-electron chi connectivity index (χ4n) is 6.72. The van der Waals surface area contributed by atoms with Gasteiger partial charge in [0, 0.05) is 9.75 Å². The molecule has 0 spiro atoms. The number of thiophene rings is 1. The molecule has 0 bridgehead atoms. The monoisotopic (exact) mass is 568 g/mol. The van der Waals surface area contributed by atoms with Gasteiger partial charge in [-0.3, -0.25) is 0 Å². The quantitative estimate of drug-likeness (QED) is 0.160. The molecule has 0 aliphatic rings. The Hall–Kier alpha value is -4.98. The molecule has 0 atom stereocenters. The maximum atomic E-state index is 2.37. The van der Waals surface area contributed by atoms with Crippen molar-refractivity contribution >= 4 is 11.3 Å². The summed E-state index contributed by atoms with van der Waals surface area (Å²) in [7, 11) is 0. The van der Waals surface area contributed by atoms with E-state index in [0.717, 1.165) is 0 Å². The van der Waals surface area contributed by atoms with Crippen LogP contribution in [0.3, 0.4) is 0 Å². The van der Waals surface area contributed by atoms with Gasteiger partial charge in [-0.25, -0.2) is 0 Å². The van der Waals surface area contributed by atoms with Gasteiger partial charge in [0.25, 0.3) is 0 Å². The van der Waals surface area contributed by atoms with E-state index < -0.39 is 10.8 Å². The second-order valence-corrected chi connectivity index (χ2v) is 11.9. The van der Waals surface area contributed by atoms with E-state index >= 15 is 0 Å². The maximum Gasteiger partial charge on any atom is 0.0794 e. The minimum Gasteiger partial charge on any atom is -0.142 e. The van der Waals surface area contributed by atoms with Gasteiger partial charge in [-0.05, 0) is 45.5 Å². The first kappa shape index (κ1) is 26.9. The highest BCUT2D eigenvalue weighted by Gasteiger charge is 2.44. The van der Waals surface area contributed by atoms with E-state index in [1.54, 1.807) is 0 Å². The summed E-state index contributed by atoms with van der Waals surface area (Å²) in [5.74, 6) is 0. The largest absolute Gasteiger partial charge is 0.142 e. The van der Waals surface area contributed by atoms with Gasteiger partial charge >= 0.3 is 0 Å². The fraction of sp³-hybridized carbons (Fsp3) is 0.0476. The van der Waals surface area contributed by atoms with Crippen molar-refractivity contribution in [1.82, 2.24) is 0 Å². The lowest BCUT2D eigenvalue weighted by Gasteiger charge is -2.37. The van der Waals surface area contributed by atoms with Crippen LogP contribution >= 0.6 is 11.3 Å². The Morgan fingerprint density at radius 3 is 0.605 bits per heavy atom. The number of hydrogen-bond acceptors (Lipinski definition) is 1. The van der Waals surface area contributed by atoms with Gasteiger partial charge in [0.15, 0.2) is 0 Å². The van der Waals surface area contributed by atoms with Crippen LogP contribution in [0.15, 0.2) is 194 Å². The Morgan fingerprint density at radius 2 is 0.419 bits per heavy atom. The summed E-state index contributed by atoms with van der Waals surface area (Å²) in [6.07, 6.45) is 0. The summed E-state index contributed by atoms with van der Waals surface area (Å²) in [6.45, 7) is 0. The summed E-state index contributed by atoms with van der Waals surface area (Å²) in [6, 6.07) is 70.6. The van der Waals surface area contributed by atoms with E-state index in [-0.39, 0.29) is 0 Å². The Balaban J connectivity index is 1.58. The zero-order valence-electron chi connectivity index (χ0n) is 23.9. The summed E-state index contributed by atoms with van der Waals surface area (Å²) < 4.78 is 0. The SMILES string of the molecule is c1ccc(C(c2ccccc2)(c2ccccc2)c2ccc(C(c3ccccc3)(c3ccccc3)c3ccccc3)s2)cc1. The first-order valence-corrected chi connectivity index (χ1v) is 15.6. The van der Waals surface area contributed by atoms with Crippen molar-refractivity contribution in [3.05, 3.63) is 237 Å². The van der Waals surface area contributed by atoms with Crippen molar-refractivity contribution in [2.75, 3.05) is 0 Å². The van der Waals surface area contributed by atoms with E-state index in [2.05, 4.69) is 194 Å². The zero-order valence-corrected chi connectivity index (χ0v) is 24.7. The molecule has 0 aliphatic heterocycles. The van der Waals surface area contributed by atoms with Crippen LogP contribution in [0, 0.1) is 0 Å². The van der Waals surface area contributed by atoms with Crippen LogP contribution in [0.5, 0.6) is 0 Å². The van der Waals surface area contributed by atoms with Crippen molar-refractivity contribution in [1.29, 1.82) is 0 Å². The van der Waals surface area contributed by atoms with Crippen molar-refractivity contribution < 1.29 is 0 Å². The lowest BCUT2D eigenvalue weighted by molar-refractivity contribution is 0.761. The van der Waals surface area contributed by atoms with E-state index in [1.807, 2.05) is 11.3 Å². The number of benzene rings is 6. The maximum absolute atomic E-state index is 2.37. The topological polar surface area (TPSA) is 0 Å². The average molecular weight is 569 g/mol. The van der Waals surface area contributed by atoms with Gasteiger partial charge < -0.3 is 0 Å². The van der Waals surface area contributed by atoms with Crippen molar-refractivity contribution in [3.8, 4) is 0 Å². The average Bonchev–Trinajstić information content (AvgIpc) is 3.59. The minimum atomic E-state index is -0.484. The molecule has 43 heavy (non-hydrogen) atoms. The predicted octanol–water partition coefficient (Wildman–Crippen LogP) is 10.5. The Morgan fingerprint density at radius 1 is 0.233 bits per heavy atom. The van der Waals surface area contributed by atoms with Crippen LogP contribution < -0.4 is 0 Å². The molecule has 0 fully saturated rings. The van der Waals surface area contributed by atoms with Gasteiger partial charge in [-0.2, -0.15) is 0 Å². The first-order chi connectivity index (χ1) is 21.3. The molecule has 1 heteroatoms. The standard InChI is InChI=1S/C42H32S/c1-7-19-33(20-8-1)41(34-21-9-2-10-22-34,35-23-11-3-12-24-35)39-31-32-40(43-39)42(36-25-13-4-14-26-36,37-27-15-5-16-28-37)38-29-17-6-18-30-38/h1-32H. The van der Waals surface area contributed by atoms with E-state index in [4.69, 9.17) is 0 Å². The van der Waals surface area contributed by atoms with Crippen LogP contribution in [0.1, 0.15) is 43.1 Å². The highest BCUT2D eigenvalue weighted by atomic mass is 32.1. The summed E-state index contributed by atoms with van der Waals surface area (Å²) >= 11 is 1.92. The Kier molecular flexibility index (Phi) is 7.33. The van der Waals surface area contributed by atoms with Crippen molar-refractivity contribution in [2.24, 2.45) is 0 Å². The van der Waals surface area contributed by atoms with Crippen molar-refractivity contribution in [2.45, 2.75) is 10.8 Å². The number of rotatable bonds is 8. The lowest BCUT2D eigenvalue weighted by atomic mass is 9.68. The minimum absolute atomic E-state index is 0.484. The molecule has 7 rings (SSSR count). The van der Waals surface area contributed by atoms with Gasteiger partial charge in [0.1, 0.15) is 0 Å². The highest BCUT2D eigenvalue weighted by Crippen LogP contribution is 2.52. The molecular formula is C42H32S. The summed E-state index contributed by atoms with van der Waals surface area (Å²) in [5.41, 5.74) is 6.56. The normalized spacial score (nSPS) is 11.7. The summed E-state index contributed by atoms with van der Waals surface area (Å²) in [4.78, 5) is 2.58. The van der Waals surface area contributed by atoms with Crippen molar-refractivity contribution in [3.63, 3.8) is 0 Å². The third-order valence-electron chi connectivity index (χ3n) is 8.59. The smallest absolute Gasteiger partial charge is 0.0794 e. The molecule has 0 unspecified atom stereocenters. The highest BCUT2D eigenvalue weighted by molar-refractivity contribution is 7.12. The third-order valence-corrected chi connectivity index (χ3v) is 9.91. The Bertz CT molecular complexity index is 1540. The molecular weight excluding hydrogens is 537 g/mol.